The van der Waals surface area contributed by atoms with Crippen molar-refractivity contribution in [2.24, 2.45) is 0 Å². The molecule has 3 N–H and O–H groups in total. The Morgan fingerprint density at radius 2 is 1.61 bits per heavy atom. The third-order valence-electron chi connectivity index (χ3n) is 5.18. The predicted molar refractivity (Wildman–Crippen MR) is 108 cm³/mol. The van der Waals surface area contributed by atoms with Gasteiger partial charge in [0.1, 0.15) is 17.2 Å². The highest BCUT2D eigenvalue weighted by Gasteiger charge is 2.68. The van der Waals surface area contributed by atoms with Gasteiger partial charge in [0.05, 0.1) is 5.69 Å². The molecule has 2 aromatic carbocycles. The molecule has 3 aromatic rings. The van der Waals surface area contributed by atoms with Crippen LogP contribution in [0.25, 0.3) is 5.69 Å². The lowest BCUT2D eigenvalue weighted by molar-refractivity contribution is -0.196. The molecule has 0 aliphatic carbocycles. The summed E-state index contributed by atoms with van der Waals surface area (Å²) in [7, 11) is 0. The highest BCUT2D eigenvalue weighted by molar-refractivity contribution is 6.09. The summed E-state index contributed by atoms with van der Waals surface area (Å²) in [4.78, 5) is 52.2. The standard InChI is InChI=1S/C21H14F4N4O4/c1-10-2-8-13(9-3-10)29-15-14(17(31)27-19(29)33)20(18(32)26-15,21(23,24)25)28-16(30)11-4-6-12(22)7-5-11/h2-9H,1H3,(H,26,32)(H,28,30)(H,27,31,33)/t20-/m0/s1. The molecule has 8 nitrogen and oxygen atoms in total. The van der Waals surface area contributed by atoms with Gasteiger partial charge in [0.25, 0.3) is 22.9 Å². The van der Waals surface area contributed by atoms with Crippen LogP contribution in [0, 0.1) is 12.7 Å². The van der Waals surface area contributed by atoms with Crippen LogP contribution in [0.1, 0.15) is 21.5 Å². The van der Waals surface area contributed by atoms with Crippen molar-refractivity contribution in [1.29, 1.82) is 0 Å². The number of hydrogen-bond donors (Lipinski definition) is 3. The summed E-state index contributed by atoms with van der Waals surface area (Å²) in [5.41, 5.74) is -7.13. The molecule has 1 aliphatic rings. The molecule has 1 aromatic heterocycles. The molecule has 0 radical (unpaired) electrons. The molecule has 0 fully saturated rings. The van der Waals surface area contributed by atoms with E-state index in [4.69, 9.17) is 0 Å². The average molecular weight is 462 g/mol. The van der Waals surface area contributed by atoms with Gasteiger partial charge in [-0.25, -0.2) is 13.8 Å². The van der Waals surface area contributed by atoms with Crippen LogP contribution in [0.3, 0.4) is 0 Å². The number of benzene rings is 2. The Morgan fingerprint density at radius 1 is 1.00 bits per heavy atom. The largest absolute Gasteiger partial charge is 0.425 e. The van der Waals surface area contributed by atoms with E-state index in [0.29, 0.717) is 4.57 Å². The fourth-order valence-electron chi connectivity index (χ4n) is 3.56. The second-order valence-corrected chi connectivity index (χ2v) is 7.32. The molecule has 12 heteroatoms. The van der Waals surface area contributed by atoms with E-state index >= 15 is 0 Å². The third-order valence-corrected chi connectivity index (χ3v) is 5.18. The molecule has 2 heterocycles. The number of carbonyl (C=O) groups is 2. The van der Waals surface area contributed by atoms with Gasteiger partial charge in [-0.1, -0.05) is 17.7 Å². The van der Waals surface area contributed by atoms with Gasteiger partial charge in [-0.15, -0.1) is 0 Å². The number of aryl methyl sites for hydroxylation is 1. The van der Waals surface area contributed by atoms with Crippen molar-refractivity contribution in [1.82, 2.24) is 14.9 Å². The smallest absolute Gasteiger partial charge is 0.326 e. The molecular weight excluding hydrogens is 448 g/mol. The maximum Gasteiger partial charge on any atom is 0.425 e. The fraction of sp³-hybridized carbons (Fsp3) is 0.143. The first-order valence-electron chi connectivity index (χ1n) is 9.39. The molecule has 0 spiro atoms. The van der Waals surface area contributed by atoms with E-state index in [1.165, 1.54) is 12.1 Å². The number of amides is 2. The molecule has 1 atom stereocenters. The highest BCUT2D eigenvalue weighted by atomic mass is 19.4. The van der Waals surface area contributed by atoms with Crippen molar-refractivity contribution in [2.75, 3.05) is 5.32 Å². The minimum absolute atomic E-state index is 0.0706. The summed E-state index contributed by atoms with van der Waals surface area (Å²) in [6, 6.07) is 9.49. The van der Waals surface area contributed by atoms with Gasteiger partial charge >= 0.3 is 11.9 Å². The Bertz CT molecular complexity index is 1390. The van der Waals surface area contributed by atoms with E-state index in [-0.39, 0.29) is 11.3 Å². The fourth-order valence-corrected chi connectivity index (χ4v) is 3.56. The Hall–Kier alpha value is -4.22. The Balaban J connectivity index is 1.96. The van der Waals surface area contributed by atoms with Crippen LogP contribution in [0.2, 0.25) is 0 Å². The van der Waals surface area contributed by atoms with Gasteiger partial charge < -0.3 is 10.6 Å². The molecule has 4 rings (SSSR count). The van der Waals surface area contributed by atoms with Gasteiger partial charge in [-0.2, -0.15) is 13.2 Å². The van der Waals surface area contributed by atoms with Crippen LogP contribution in [0.5, 0.6) is 0 Å². The number of carbonyl (C=O) groups excluding carboxylic acids is 2. The number of nitrogens with zero attached hydrogens (tertiary/aromatic N) is 1. The zero-order chi connectivity index (χ0) is 24.1. The van der Waals surface area contributed by atoms with E-state index in [1.807, 2.05) is 5.32 Å². The maximum absolute atomic E-state index is 14.4. The van der Waals surface area contributed by atoms with Crippen LogP contribution in [0.4, 0.5) is 23.4 Å². The van der Waals surface area contributed by atoms with E-state index in [1.54, 1.807) is 29.4 Å². The van der Waals surface area contributed by atoms with Crippen LogP contribution >= 0.6 is 0 Å². The number of alkyl halides is 3. The molecule has 0 saturated heterocycles. The molecule has 1 aliphatic heterocycles. The summed E-state index contributed by atoms with van der Waals surface area (Å²) in [5.74, 6) is -4.63. The summed E-state index contributed by atoms with van der Waals surface area (Å²) in [6.07, 6.45) is -5.49. The first-order chi connectivity index (χ1) is 15.5. The van der Waals surface area contributed by atoms with Crippen LogP contribution < -0.4 is 21.9 Å². The SMILES string of the molecule is Cc1ccc(-n2c3c(c(=O)[nH]c2=O)[C@@](NC(=O)c2ccc(F)cc2)(C(F)(F)F)C(=O)N3)cc1. The van der Waals surface area contributed by atoms with Gasteiger partial charge in [-0.05, 0) is 43.3 Å². The van der Waals surface area contributed by atoms with Crippen molar-refractivity contribution in [2.45, 2.75) is 18.6 Å². The number of aromatic amines is 1. The lowest BCUT2D eigenvalue weighted by Crippen LogP contribution is -2.62. The average Bonchev–Trinajstić information content (AvgIpc) is 3.03. The number of anilines is 1. The number of H-pyrrole nitrogens is 1. The summed E-state index contributed by atoms with van der Waals surface area (Å²) >= 11 is 0. The minimum atomic E-state index is -5.49. The van der Waals surface area contributed by atoms with Crippen LogP contribution in [0.15, 0.2) is 58.1 Å². The molecule has 33 heavy (non-hydrogen) atoms. The number of rotatable bonds is 3. The number of fused-ring (bicyclic) bond motifs is 1. The number of aromatic nitrogens is 2. The third kappa shape index (κ3) is 3.39. The molecule has 0 unspecified atom stereocenters. The molecular formula is C21H14F4N4O4. The first kappa shape index (κ1) is 22.0. The van der Waals surface area contributed by atoms with E-state index in [2.05, 4.69) is 0 Å². The van der Waals surface area contributed by atoms with Gasteiger partial charge in [-0.3, -0.25) is 19.4 Å². The Labute approximate surface area is 181 Å². The Morgan fingerprint density at radius 3 is 2.18 bits per heavy atom. The summed E-state index contributed by atoms with van der Waals surface area (Å²) in [5, 5.41) is 3.52. The van der Waals surface area contributed by atoms with Gasteiger partial charge in [0, 0.05) is 5.56 Å². The van der Waals surface area contributed by atoms with Crippen LogP contribution in [-0.2, 0) is 10.3 Å². The van der Waals surface area contributed by atoms with E-state index < -0.39 is 52.0 Å². The lowest BCUT2D eigenvalue weighted by atomic mass is 9.91. The topological polar surface area (TPSA) is 113 Å². The summed E-state index contributed by atoms with van der Waals surface area (Å²) in [6.45, 7) is 1.74. The van der Waals surface area contributed by atoms with Crippen molar-refractivity contribution in [3.8, 4) is 5.69 Å². The second-order valence-electron chi connectivity index (χ2n) is 7.32. The highest BCUT2D eigenvalue weighted by Crippen LogP contribution is 2.45. The molecule has 170 valence electrons. The zero-order valence-electron chi connectivity index (χ0n) is 16.7. The van der Waals surface area contributed by atoms with Crippen LogP contribution in [-0.4, -0.2) is 27.5 Å². The van der Waals surface area contributed by atoms with E-state index in [9.17, 15) is 36.7 Å². The molecule has 0 saturated carbocycles. The zero-order valence-corrected chi connectivity index (χ0v) is 16.7. The van der Waals surface area contributed by atoms with Crippen molar-refractivity contribution < 1.29 is 27.2 Å². The van der Waals surface area contributed by atoms with Crippen molar-refractivity contribution in [3.05, 3.63) is 91.9 Å². The predicted octanol–water partition coefficient (Wildman–Crippen LogP) is 2.11. The number of halogens is 4. The Kier molecular flexibility index (Phi) is 4.95. The second kappa shape index (κ2) is 7.43. The van der Waals surface area contributed by atoms with E-state index in [0.717, 1.165) is 29.8 Å². The molecule has 0 bridgehead atoms. The van der Waals surface area contributed by atoms with Gasteiger partial charge in [0.2, 0.25) is 0 Å². The maximum atomic E-state index is 14.4. The minimum Gasteiger partial charge on any atom is -0.326 e. The molecule has 2 amide bonds. The number of hydrogen-bond acceptors (Lipinski definition) is 4. The first-order valence-corrected chi connectivity index (χ1v) is 9.39. The lowest BCUT2D eigenvalue weighted by Gasteiger charge is -2.30. The van der Waals surface area contributed by atoms with Gasteiger partial charge in [0.15, 0.2) is 0 Å². The number of nitrogens with one attached hydrogen (secondary N) is 3. The monoisotopic (exact) mass is 462 g/mol. The summed E-state index contributed by atoms with van der Waals surface area (Å²) < 4.78 is 57.0. The van der Waals surface area contributed by atoms with Crippen molar-refractivity contribution >= 4 is 17.6 Å². The normalized spacial score (nSPS) is 17.4. The van der Waals surface area contributed by atoms with Crippen molar-refractivity contribution in [3.63, 3.8) is 0 Å². The quantitative estimate of drug-likeness (QED) is 0.518.